The molecule has 0 bridgehead atoms. The summed E-state index contributed by atoms with van der Waals surface area (Å²) in [6.07, 6.45) is 1.58. The maximum atomic E-state index is 12.0. The lowest BCUT2D eigenvalue weighted by molar-refractivity contribution is -0.119. The van der Waals surface area contributed by atoms with Crippen LogP contribution >= 0.6 is 23.1 Å². The van der Waals surface area contributed by atoms with Gasteiger partial charge in [0.15, 0.2) is 0 Å². The number of thiophene rings is 1. The molecule has 2 aromatic heterocycles. The quantitative estimate of drug-likeness (QED) is 0.675. The van der Waals surface area contributed by atoms with Gasteiger partial charge in [-0.1, -0.05) is 25.6 Å². The third-order valence-electron chi connectivity index (χ3n) is 3.66. The molecule has 0 aliphatic heterocycles. The molecule has 0 saturated carbocycles. The molecule has 0 aliphatic rings. The standard InChI is InChI=1S/C15H21N3OS2/c1-8(2)10(4)18-12(19)6-20-14-13-9(3)11(5)21-15(13)17-7-16-14/h7-8,10H,6H2,1-5H3,(H,18,19)/t10-/m1/s1. The lowest BCUT2D eigenvalue weighted by atomic mass is 10.1. The summed E-state index contributed by atoms with van der Waals surface area (Å²) in [6, 6.07) is 0.189. The van der Waals surface area contributed by atoms with Crippen LogP contribution in [0.25, 0.3) is 10.2 Å². The Morgan fingerprint density at radius 3 is 2.71 bits per heavy atom. The Bertz CT molecular complexity index is 652. The highest BCUT2D eigenvalue weighted by molar-refractivity contribution is 8.00. The number of nitrogens with zero attached hydrogens (tertiary/aromatic N) is 2. The van der Waals surface area contributed by atoms with Crippen LogP contribution in [0.5, 0.6) is 0 Å². The molecule has 1 N–H and O–H groups in total. The van der Waals surface area contributed by atoms with Crippen LogP contribution in [0.1, 0.15) is 31.2 Å². The van der Waals surface area contributed by atoms with Crippen LogP contribution in [0.2, 0.25) is 0 Å². The normalized spacial score (nSPS) is 12.9. The van der Waals surface area contributed by atoms with Gasteiger partial charge in [-0.05, 0) is 32.3 Å². The second-order valence-corrected chi connectivity index (χ2v) is 7.70. The largest absolute Gasteiger partial charge is 0.353 e. The van der Waals surface area contributed by atoms with E-state index in [-0.39, 0.29) is 11.9 Å². The molecule has 114 valence electrons. The van der Waals surface area contributed by atoms with Gasteiger partial charge >= 0.3 is 0 Å². The van der Waals surface area contributed by atoms with E-state index in [2.05, 4.69) is 43.0 Å². The Hall–Kier alpha value is -1.14. The first-order valence-corrected chi connectivity index (χ1v) is 8.83. The summed E-state index contributed by atoms with van der Waals surface area (Å²) in [5.41, 5.74) is 1.22. The molecule has 0 spiro atoms. The van der Waals surface area contributed by atoms with E-state index in [1.165, 1.54) is 22.2 Å². The summed E-state index contributed by atoms with van der Waals surface area (Å²) in [6.45, 7) is 10.4. The van der Waals surface area contributed by atoms with Crippen molar-refractivity contribution in [3.63, 3.8) is 0 Å². The van der Waals surface area contributed by atoms with Crippen LogP contribution < -0.4 is 5.32 Å². The maximum absolute atomic E-state index is 12.0. The molecule has 0 unspecified atom stereocenters. The molecular weight excluding hydrogens is 302 g/mol. The van der Waals surface area contributed by atoms with Gasteiger partial charge in [0.2, 0.25) is 5.91 Å². The van der Waals surface area contributed by atoms with Crippen molar-refractivity contribution in [2.75, 3.05) is 5.75 Å². The zero-order valence-electron chi connectivity index (χ0n) is 13.1. The molecule has 2 heterocycles. The van der Waals surface area contributed by atoms with Crippen LogP contribution in [0.4, 0.5) is 0 Å². The topological polar surface area (TPSA) is 54.9 Å². The zero-order valence-corrected chi connectivity index (χ0v) is 14.7. The smallest absolute Gasteiger partial charge is 0.230 e. The Morgan fingerprint density at radius 1 is 1.33 bits per heavy atom. The Balaban J connectivity index is 2.09. The zero-order chi connectivity index (χ0) is 15.6. The minimum Gasteiger partial charge on any atom is -0.353 e. The highest BCUT2D eigenvalue weighted by Gasteiger charge is 2.15. The van der Waals surface area contributed by atoms with E-state index >= 15 is 0 Å². The van der Waals surface area contributed by atoms with Crippen molar-refractivity contribution in [3.8, 4) is 0 Å². The number of hydrogen-bond acceptors (Lipinski definition) is 5. The second-order valence-electron chi connectivity index (χ2n) is 5.53. The maximum Gasteiger partial charge on any atom is 0.230 e. The van der Waals surface area contributed by atoms with E-state index in [0.29, 0.717) is 11.7 Å². The number of thioether (sulfide) groups is 1. The Morgan fingerprint density at radius 2 is 2.05 bits per heavy atom. The first-order valence-electron chi connectivity index (χ1n) is 7.03. The first kappa shape index (κ1) is 16.2. The third kappa shape index (κ3) is 3.74. The van der Waals surface area contributed by atoms with Gasteiger partial charge in [0, 0.05) is 16.3 Å². The van der Waals surface area contributed by atoms with Gasteiger partial charge in [-0.3, -0.25) is 4.79 Å². The van der Waals surface area contributed by atoms with Crippen molar-refractivity contribution in [2.45, 2.75) is 45.7 Å². The summed E-state index contributed by atoms with van der Waals surface area (Å²) in [4.78, 5) is 22.9. The van der Waals surface area contributed by atoms with Crippen molar-refractivity contribution in [2.24, 2.45) is 5.92 Å². The average molecular weight is 323 g/mol. The van der Waals surface area contributed by atoms with E-state index in [9.17, 15) is 4.79 Å². The molecule has 2 aromatic rings. The SMILES string of the molecule is Cc1sc2ncnc(SCC(=O)N[C@H](C)C(C)C)c2c1C. The molecule has 4 nitrogen and oxygen atoms in total. The molecule has 1 amide bonds. The molecule has 0 radical (unpaired) electrons. The highest BCUT2D eigenvalue weighted by Crippen LogP contribution is 2.34. The van der Waals surface area contributed by atoms with Gasteiger partial charge < -0.3 is 5.32 Å². The van der Waals surface area contributed by atoms with Crippen LogP contribution in [0.3, 0.4) is 0 Å². The van der Waals surface area contributed by atoms with E-state index in [4.69, 9.17) is 0 Å². The summed E-state index contributed by atoms with van der Waals surface area (Å²) < 4.78 is 0. The van der Waals surface area contributed by atoms with Crippen LogP contribution in [0.15, 0.2) is 11.4 Å². The number of fused-ring (bicyclic) bond motifs is 1. The van der Waals surface area contributed by atoms with Crippen LogP contribution in [-0.4, -0.2) is 27.7 Å². The van der Waals surface area contributed by atoms with Gasteiger partial charge in [-0.2, -0.15) is 0 Å². The van der Waals surface area contributed by atoms with E-state index in [1.807, 2.05) is 6.92 Å². The molecule has 21 heavy (non-hydrogen) atoms. The van der Waals surface area contributed by atoms with Gasteiger partial charge in [-0.25, -0.2) is 9.97 Å². The fourth-order valence-corrected chi connectivity index (χ4v) is 3.78. The number of aryl methyl sites for hydroxylation is 2. The predicted molar refractivity (Wildman–Crippen MR) is 90.1 cm³/mol. The number of nitrogens with one attached hydrogen (secondary N) is 1. The van der Waals surface area contributed by atoms with Crippen molar-refractivity contribution in [1.29, 1.82) is 0 Å². The van der Waals surface area contributed by atoms with Gasteiger partial charge in [-0.15, -0.1) is 11.3 Å². The summed E-state index contributed by atoms with van der Waals surface area (Å²) >= 11 is 3.16. The molecular formula is C15H21N3OS2. The molecule has 2 rings (SSSR count). The highest BCUT2D eigenvalue weighted by atomic mass is 32.2. The van der Waals surface area contributed by atoms with Crippen LogP contribution in [-0.2, 0) is 4.79 Å². The molecule has 1 atom stereocenters. The third-order valence-corrected chi connectivity index (χ3v) is 5.76. The molecule has 0 aliphatic carbocycles. The summed E-state index contributed by atoms with van der Waals surface area (Å²) in [7, 11) is 0. The number of carbonyl (C=O) groups is 1. The fraction of sp³-hybridized carbons (Fsp3) is 0.533. The fourth-order valence-electron chi connectivity index (χ4n) is 1.86. The number of hydrogen-bond donors (Lipinski definition) is 1. The second kappa shape index (κ2) is 6.75. The lowest BCUT2D eigenvalue weighted by Gasteiger charge is -2.17. The minimum atomic E-state index is 0.0533. The van der Waals surface area contributed by atoms with Gasteiger partial charge in [0.25, 0.3) is 0 Å². The lowest BCUT2D eigenvalue weighted by Crippen LogP contribution is -2.37. The number of rotatable bonds is 5. The van der Waals surface area contributed by atoms with Crippen molar-refractivity contribution >= 4 is 39.2 Å². The van der Waals surface area contributed by atoms with Gasteiger partial charge in [0.1, 0.15) is 16.2 Å². The molecule has 0 saturated heterocycles. The van der Waals surface area contributed by atoms with Crippen molar-refractivity contribution < 1.29 is 4.79 Å². The molecule has 0 aromatic carbocycles. The summed E-state index contributed by atoms with van der Waals surface area (Å²) in [5.74, 6) is 0.876. The van der Waals surface area contributed by atoms with Gasteiger partial charge in [0.05, 0.1) is 5.75 Å². The monoisotopic (exact) mass is 323 g/mol. The Kier molecular flexibility index (Phi) is 5.22. The number of aromatic nitrogens is 2. The number of carbonyl (C=O) groups excluding carboxylic acids is 1. The first-order chi connectivity index (χ1) is 9.90. The van der Waals surface area contributed by atoms with E-state index in [1.54, 1.807) is 17.7 Å². The number of amides is 1. The summed E-state index contributed by atoms with van der Waals surface area (Å²) in [5, 5.41) is 5.01. The average Bonchev–Trinajstić information content (AvgIpc) is 2.72. The van der Waals surface area contributed by atoms with Crippen molar-refractivity contribution in [3.05, 3.63) is 16.8 Å². The van der Waals surface area contributed by atoms with E-state index < -0.39 is 0 Å². The van der Waals surface area contributed by atoms with Crippen molar-refractivity contribution in [1.82, 2.24) is 15.3 Å². The minimum absolute atomic E-state index is 0.0533. The molecule has 6 heteroatoms. The van der Waals surface area contributed by atoms with Crippen LogP contribution in [0, 0.1) is 19.8 Å². The molecule has 0 fully saturated rings. The van der Waals surface area contributed by atoms with E-state index in [0.717, 1.165) is 15.2 Å². The Labute approximate surface area is 133 Å². The predicted octanol–water partition coefficient (Wildman–Crippen LogP) is 3.56.